The lowest BCUT2D eigenvalue weighted by atomic mass is 9.74. The van der Waals surface area contributed by atoms with Gasteiger partial charge in [0.05, 0.1) is 7.11 Å². The van der Waals surface area contributed by atoms with Crippen LogP contribution >= 0.6 is 0 Å². The molecule has 0 aliphatic carbocycles. The zero-order valence-corrected chi connectivity index (χ0v) is 17.8. The van der Waals surface area contributed by atoms with Crippen molar-refractivity contribution in [2.24, 2.45) is 0 Å². The summed E-state index contributed by atoms with van der Waals surface area (Å²) in [6, 6.07) is 17.2. The molecule has 0 aromatic heterocycles. The first-order chi connectivity index (χ1) is 14.7. The van der Waals surface area contributed by atoms with Crippen molar-refractivity contribution in [3.8, 4) is 5.75 Å². The molecule has 2 saturated heterocycles. The van der Waals surface area contributed by atoms with Crippen molar-refractivity contribution in [1.82, 2.24) is 9.80 Å². The molecule has 0 N–H and O–H groups in total. The summed E-state index contributed by atoms with van der Waals surface area (Å²) >= 11 is 0. The summed E-state index contributed by atoms with van der Waals surface area (Å²) in [5, 5.41) is 0. The Kier molecular flexibility index (Phi) is 5.15. The maximum Gasteiger partial charge on any atom is 0.324 e. The highest BCUT2D eigenvalue weighted by Gasteiger charge is 2.47. The van der Waals surface area contributed by atoms with Crippen LogP contribution in [0.15, 0.2) is 48.5 Å². The number of fused-ring (bicyclic) bond motifs is 2. The van der Waals surface area contributed by atoms with E-state index in [0.717, 1.165) is 76.4 Å². The van der Waals surface area contributed by atoms with E-state index < -0.39 is 0 Å². The van der Waals surface area contributed by atoms with Gasteiger partial charge in [-0.05, 0) is 68.1 Å². The number of methoxy groups -OCH3 is 1. The maximum absolute atomic E-state index is 13.3. The molecule has 158 valence electrons. The number of hydrogen-bond acceptors (Lipinski definition) is 3. The van der Waals surface area contributed by atoms with Gasteiger partial charge in [-0.25, -0.2) is 4.79 Å². The van der Waals surface area contributed by atoms with Crippen LogP contribution in [-0.4, -0.2) is 55.7 Å². The minimum Gasteiger partial charge on any atom is -0.497 e. The molecule has 0 bridgehead atoms. The lowest BCUT2D eigenvalue weighted by molar-refractivity contribution is 0.158. The van der Waals surface area contributed by atoms with E-state index in [1.807, 2.05) is 15.9 Å². The lowest BCUT2D eigenvalue weighted by Gasteiger charge is -2.40. The molecule has 2 fully saturated rings. The first-order valence-electron chi connectivity index (χ1n) is 11.2. The van der Waals surface area contributed by atoms with E-state index in [9.17, 15) is 4.79 Å². The van der Waals surface area contributed by atoms with Gasteiger partial charge in [0.25, 0.3) is 0 Å². The van der Waals surface area contributed by atoms with Crippen LogP contribution in [0.2, 0.25) is 0 Å². The van der Waals surface area contributed by atoms with Crippen molar-refractivity contribution in [2.75, 3.05) is 44.7 Å². The van der Waals surface area contributed by atoms with Crippen LogP contribution in [-0.2, 0) is 12.0 Å². The van der Waals surface area contributed by atoms with Gasteiger partial charge in [0.2, 0.25) is 0 Å². The second kappa shape index (κ2) is 7.95. The van der Waals surface area contributed by atoms with Crippen LogP contribution in [0.5, 0.6) is 5.75 Å². The highest BCUT2D eigenvalue weighted by molar-refractivity contribution is 5.95. The van der Waals surface area contributed by atoms with E-state index in [2.05, 4.69) is 47.4 Å². The van der Waals surface area contributed by atoms with Crippen molar-refractivity contribution in [3.05, 3.63) is 59.7 Å². The first kappa shape index (κ1) is 19.4. The van der Waals surface area contributed by atoms with Crippen LogP contribution in [0, 0.1) is 0 Å². The normalized spacial score (nSPS) is 20.6. The van der Waals surface area contributed by atoms with Gasteiger partial charge in [0.1, 0.15) is 5.75 Å². The number of ether oxygens (including phenoxy) is 1. The number of anilines is 1. The number of rotatable bonds is 3. The van der Waals surface area contributed by atoms with Crippen LogP contribution in [0.1, 0.15) is 36.8 Å². The second-order valence-corrected chi connectivity index (χ2v) is 8.99. The summed E-state index contributed by atoms with van der Waals surface area (Å²) in [4.78, 5) is 19.9. The van der Waals surface area contributed by atoms with E-state index in [0.29, 0.717) is 0 Å². The summed E-state index contributed by atoms with van der Waals surface area (Å²) < 4.78 is 5.54. The number of nitrogens with zero attached hydrogens (tertiary/aromatic N) is 3. The standard InChI is InChI=1S/C25H31N3O2/c1-30-21-9-10-23-22(17-21)25(19-28(23)24(29)27-13-5-6-14-27)11-15-26(16-12-25)18-20-7-3-2-4-8-20/h2-4,7-10,17H,5-6,11-16,18-19H2,1H3. The van der Waals surface area contributed by atoms with Gasteiger partial charge < -0.3 is 9.64 Å². The molecule has 2 aromatic carbocycles. The Bertz CT molecular complexity index is 900. The zero-order valence-electron chi connectivity index (χ0n) is 17.8. The SMILES string of the molecule is COc1ccc2c(c1)C1(CCN(Cc3ccccc3)CC1)CN2C(=O)N1CCCC1. The number of urea groups is 1. The predicted molar refractivity (Wildman–Crippen MR) is 119 cm³/mol. The monoisotopic (exact) mass is 405 g/mol. The Morgan fingerprint density at radius 2 is 1.73 bits per heavy atom. The van der Waals surface area contributed by atoms with E-state index in [1.165, 1.54) is 11.1 Å². The lowest BCUT2D eigenvalue weighted by Crippen LogP contribution is -2.48. The van der Waals surface area contributed by atoms with Crippen molar-refractivity contribution in [3.63, 3.8) is 0 Å². The fraction of sp³-hybridized carbons (Fsp3) is 0.480. The van der Waals surface area contributed by atoms with Crippen LogP contribution in [0.4, 0.5) is 10.5 Å². The number of benzene rings is 2. The van der Waals surface area contributed by atoms with E-state index >= 15 is 0 Å². The minimum atomic E-state index is 0.0342. The van der Waals surface area contributed by atoms with Crippen molar-refractivity contribution < 1.29 is 9.53 Å². The average Bonchev–Trinajstić information content (AvgIpc) is 3.43. The van der Waals surface area contributed by atoms with E-state index in [4.69, 9.17) is 4.74 Å². The Morgan fingerprint density at radius 3 is 2.43 bits per heavy atom. The van der Waals surface area contributed by atoms with E-state index in [-0.39, 0.29) is 11.4 Å². The molecule has 5 rings (SSSR count). The highest BCUT2D eigenvalue weighted by atomic mass is 16.5. The molecule has 0 atom stereocenters. The fourth-order valence-electron chi connectivity index (χ4n) is 5.43. The molecule has 2 aromatic rings. The van der Waals surface area contributed by atoms with Gasteiger partial charge in [-0.2, -0.15) is 0 Å². The summed E-state index contributed by atoms with van der Waals surface area (Å²) in [6.45, 7) is 5.67. The van der Waals surface area contributed by atoms with Crippen LogP contribution in [0.25, 0.3) is 0 Å². The molecular weight excluding hydrogens is 374 g/mol. The average molecular weight is 406 g/mol. The highest BCUT2D eigenvalue weighted by Crippen LogP contribution is 2.48. The smallest absolute Gasteiger partial charge is 0.324 e. The van der Waals surface area contributed by atoms with Crippen LogP contribution in [0.3, 0.4) is 0 Å². The number of hydrogen-bond donors (Lipinski definition) is 0. The molecule has 3 heterocycles. The molecule has 5 heteroatoms. The molecule has 0 unspecified atom stereocenters. The molecule has 3 aliphatic rings. The van der Waals surface area contributed by atoms with Crippen LogP contribution < -0.4 is 9.64 Å². The topological polar surface area (TPSA) is 36.0 Å². The first-order valence-corrected chi connectivity index (χ1v) is 11.2. The van der Waals surface area contributed by atoms with Gasteiger partial charge in [-0.1, -0.05) is 30.3 Å². The molecule has 30 heavy (non-hydrogen) atoms. The fourth-order valence-corrected chi connectivity index (χ4v) is 5.43. The number of carbonyl (C=O) groups is 1. The molecule has 0 radical (unpaired) electrons. The second-order valence-electron chi connectivity index (χ2n) is 8.99. The largest absolute Gasteiger partial charge is 0.497 e. The third kappa shape index (κ3) is 3.45. The predicted octanol–water partition coefficient (Wildman–Crippen LogP) is 4.26. The maximum atomic E-state index is 13.3. The number of piperidine rings is 1. The van der Waals surface area contributed by atoms with Gasteiger partial charge in [-0.3, -0.25) is 9.80 Å². The number of likely N-dealkylation sites (tertiary alicyclic amines) is 2. The van der Waals surface area contributed by atoms with Crippen molar-refractivity contribution in [1.29, 1.82) is 0 Å². The van der Waals surface area contributed by atoms with Crippen molar-refractivity contribution >= 4 is 11.7 Å². The van der Waals surface area contributed by atoms with Gasteiger partial charge in [0.15, 0.2) is 0 Å². The quantitative estimate of drug-likeness (QED) is 0.765. The third-order valence-corrected chi connectivity index (χ3v) is 7.20. The Labute approximate surface area is 179 Å². The number of amides is 2. The van der Waals surface area contributed by atoms with Crippen molar-refractivity contribution in [2.45, 2.75) is 37.6 Å². The molecule has 3 aliphatic heterocycles. The number of carbonyl (C=O) groups excluding carboxylic acids is 1. The molecule has 1 spiro atoms. The Morgan fingerprint density at radius 1 is 1.00 bits per heavy atom. The summed E-state index contributed by atoms with van der Waals surface area (Å²) in [5.74, 6) is 0.885. The van der Waals surface area contributed by atoms with Gasteiger partial charge in [-0.15, -0.1) is 0 Å². The summed E-state index contributed by atoms with van der Waals surface area (Å²) in [7, 11) is 1.72. The molecule has 2 amide bonds. The van der Waals surface area contributed by atoms with E-state index in [1.54, 1.807) is 7.11 Å². The molecule has 0 saturated carbocycles. The molecular formula is C25H31N3O2. The summed E-state index contributed by atoms with van der Waals surface area (Å²) in [5.41, 5.74) is 3.79. The zero-order chi connectivity index (χ0) is 20.6. The Balaban J connectivity index is 1.38. The summed E-state index contributed by atoms with van der Waals surface area (Å²) in [6.07, 6.45) is 4.39. The third-order valence-electron chi connectivity index (χ3n) is 7.20. The van der Waals surface area contributed by atoms with Gasteiger partial charge in [0, 0.05) is 37.3 Å². The van der Waals surface area contributed by atoms with Gasteiger partial charge >= 0.3 is 6.03 Å². The minimum absolute atomic E-state index is 0.0342. The Hall–Kier alpha value is -2.53. The molecule has 5 nitrogen and oxygen atoms in total.